The predicted octanol–water partition coefficient (Wildman–Crippen LogP) is 3.04. The first-order valence-corrected chi connectivity index (χ1v) is 7.36. The highest BCUT2D eigenvalue weighted by Crippen LogP contribution is 2.45. The highest BCUT2D eigenvalue weighted by Gasteiger charge is 2.42. The Morgan fingerprint density at radius 1 is 1.11 bits per heavy atom. The predicted molar refractivity (Wildman–Crippen MR) is 82.6 cm³/mol. The largest absolute Gasteiger partial charge is 0.319 e. The van der Waals surface area contributed by atoms with E-state index in [4.69, 9.17) is 0 Å². The van der Waals surface area contributed by atoms with Gasteiger partial charge in [-0.2, -0.15) is 0 Å². The van der Waals surface area contributed by atoms with E-state index in [1.54, 1.807) is 0 Å². The van der Waals surface area contributed by atoms with E-state index in [-0.39, 0.29) is 0 Å². The van der Waals surface area contributed by atoms with Gasteiger partial charge in [0.05, 0.1) is 0 Å². The van der Waals surface area contributed by atoms with Gasteiger partial charge >= 0.3 is 0 Å². The van der Waals surface area contributed by atoms with Crippen molar-refractivity contribution >= 4 is 0 Å². The average molecular weight is 260 g/mol. The first-order valence-electron chi connectivity index (χ1n) is 7.36. The van der Waals surface area contributed by atoms with Gasteiger partial charge in [0.2, 0.25) is 0 Å². The third-order valence-electron chi connectivity index (χ3n) is 4.51. The summed E-state index contributed by atoms with van der Waals surface area (Å²) in [5.74, 6) is 0. The molecule has 0 aromatic heterocycles. The van der Waals surface area contributed by atoms with Gasteiger partial charge in [0.15, 0.2) is 0 Å². The molecule has 0 saturated heterocycles. The van der Waals surface area contributed by atoms with Crippen molar-refractivity contribution < 1.29 is 0 Å². The fraction of sp³-hybridized carbons (Fsp3) is 0.647. The Hall–Kier alpha value is -0.860. The first kappa shape index (κ1) is 14.5. The lowest BCUT2D eigenvalue weighted by Gasteiger charge is -2.24. The van der Waals surface area contributed by atoms with E-state index in [0.29, 0.717) is 5.41 Å². The molecule has 1 aliphatic carbocycles. The molecule has 19 heavy (non-hydrogen) atoms. The Labute approximate surface area is 118 Å². The summed E-state index contributed by atoms with van der Waals surface area (Å²) in [6, 6.07) is 4.68. The molecule has 0 unspecified atom stereocenters. The fourth-order valence-corrected chi connectivity index (χ4v) is 3.05. The van der Waals surface area contributed by atoms with E-state index in [0.717, 1.165) is 13.1 Å². The Morgan fingerprint density at radius 3 is 2.32 bits per heavy atom. The molecule has 0 radical (unpaired) electrons. The lowest BCUT2D eigenvalue weighted by Crippen LogP contribution is -2.32. The average Bonchev–Trinajstić information content (AvgIpc) is 3.06. The molecule has 2 heteroatoms. The minimum absolute atomic E-state index is 0.553. The zero-order chi connectivity index (χ0) is 14.0. The van der Waals surface area contributed by atoms with Gasteiger partial charge in [0, 0.05) is 19.6 Å². The van der Waals surface area contributed by atoms with Crippen molar-refractivity contribution in [1.29, 1.82) is 0 Å². The highest BCUT2D eigenvalue weighted by atomic mass is 15.1. The van der Waals surface area contributed by atoms with Crippen LogP contribution in [0.25, 0.3) is 0 Å². The maximum Gasteiger partial charge on any atom is 0.0233 e. The lowest BCUT2D eigenvalue weighted by molar-refractivity contribution is 0.252. The van der Waals surface area contributed by atoms with Crippen LogP contribution in [-0.4, -0.2) is 32.1 Å². The lowest BCUT2D eigenvalue weighted by atomic mass is 10.00. The monoisotopic (exact) mass is 260 g/mol. The van der Waals surface area contributed by atoms with Crippen molar-refractivity contribution in [2.24, 2.45) is 5.41 Å². The van der Waals surface area contributed by atoms with Crippen molar-refractivity contribution in [3.05, 3.63) is 34.4 Å². The molecule has 106 valence electrons. The van der Waals surface area contributed by atoms with Gasteiger partial charge in [-0.05, 0) is 75.4 Å². The summed E-state index contributed by atoms with van der Waals surface area (Å²) in [7, 11) is 4.32. The summed E-state index contributed by atoms with van der Waals surface area (Å²) in [5.41, 5.74) is 6.26. The molecule has 2 rings (SSSR count). The number of nitrogens with zero attached hydrogens (tertiary/aromatic N) is 1. The second kappa shape index (κ2) is 5.64. The van der Waals surface area contributed by atoms with Gasteiger partial charge < -0.3 is 10.2 Å². The molecule has 1 aromatic carbocycles. The second-order valence-corrected chi connectivity index (χ2v) is 6.57. The molecule has 1 N–H and O–H groups in total. The maximum atomic E-state index is 3.34. The van der Waals surface area contributed by atoms with Crippen LogP contribution in [0, 0.1) is 26.2 Å². The molecule has 1 saturated carbocycles. The normalized spacial score (nSPS) is 16.9. The second-order valence-electron chi connectivity index (χ2n) is 6.57. The Bertz CT molecular complexity index is 447. The molecular weight excluding hydrogens is 232 g/mol. The summed E-state index contributed by atoms with van der Waals surface area (Å²) in [6.45, 7) is 10.1. The number of aryl methyl sites for hydroxylation is 3. The van der Waals surface area contributed by atoms with Crippen LogP contribution in [0.5, 0.6) is 0 Å². The quantitative estimate of drug-likeness (QED) is 0.846. The van der Waals surface area contributed by atoms with Crippen molar-refractivity contribution in [2.75, 3.05) is 27.2 Å². The highest BCUT2D eigenvalue weighted by molar-refractivity contribution is 5.36. The van der Waals surface area contributed by atoms with E-state index < -0.39 is 0 Å². The zero-order valence-electron chi connectivity index (χ0n) is 13.1. The first-order chi connectivity index (χ1) is 8.96. The van der Waals surface area contributed by atoms with Gasteiger partial charge in [-0.3, -0.25) is 0 Å². The molecule has 2 nitrogen and oxygen atoms in total. The van der Waals surface area contributed by atoms with Gasteiger partial charge in [-0.1, -0.05) is 12.1 Å². The van der Waals surface area contributed by atoms with E-state index in [2.05, 4.69) is 57.2 Å². The summed E-state index contributed by atoms with van der Waals surface area (Å²) in [5, 5.41) is 3.34. The Balaban J connectivity index is 1.99. The molecule has 0 bridgehead atoms. The smallest absolute Gasteiger partial charge is 0.0233 e. The molecule has 0 atom stereocenters. The minimum atomic E-state index is 0.553. The molecule has 0 spiro atoms. The van der Waals surface area contributed by atoms with Crippen molar-refractivity contribution in [3.63, 3.8) is 0 Å². The summed E-state index contributed by atoms with van der Waals surface area (Å²) >= 11 is 0. The van der Waals surface area contributed by atoms with Crippen molar-refractivity contribution in [1.82, 2.24) is 10.2 Å². The third-order valence-corrected chi connectivity index (χ3v) is 4.51. The number of hydrogen-bond donors (Lipinski definition) is 1. The van der Waals surface area contributed by atoms with Crippen LogP contribution in [0.3, 0.4) is 0 Å². The van der Waals surface area contributed by atoms with Crippen LogP contribution in [0.15, 0.2) is 12.1 Å². The van der Waals surface area contributed by atoms with Crippen LogP contribution in [0.1, 0.15) is 35.1 Å². The van der Waals surface area contributed by atoms with Crippen molar-refractivity contribution in [3.8, 4) is 0 Å². The number of rotatable bonds is 6. The Kier molecular flexibility index (Phi) is 4.32. The Morgan fingerprint density at radius 2 is 1.74 bits per heavy atom. The van der Waals surface area contributed by atoms with Gasteiger partial charge in [0.1, 0.15) is 0 Å². The number of hydrogen-bond acceptors (Lipinski definition) is 2. The van der Waals surface area contributed by atoms with E-state index in [9.17, 15) is 0 Å². The third kappa shape index (κ3) is 3.58. The fourth-order valence-electron chi connectivity index (χ4n) is 3.05. The van der Waals surface area contributed by atoms with E-state index >= 15 is 0 Å². The number of benzene rings is 1. The molecule has 0 heterocycles. The molecule has 1 aromatic rings. The maximum absolute atomic E-state index is 3.34. The minimum Gasteiger partial charge on any atom is -0.319 e. The summed E-state index contributed by atoms with van der Waals surface area (Å²) in [4.78, 5) is 2.49. The van der Waals surface area contributed by atoms with Crippen molar-refractivity contribution in [2.45, 2.75) is 40.2 Å². The summed E-state index contributed by atoms with van der Waals surface area (Å²) < 4.78 is 0. The van der Waals surface area contributed by atoms with Gasteiger partial charge in [0.25, 0.3) is 0 Å². The van der Waals surface area contributed by atoms with Crippen LogP contribution < -0.4 is 5.32 Å². The summed E-state index contributed by atoms with van der Waals surface area (Å²) in [6.07, 6.45) is 2.76. The van der Waals surface area contributed by atoms with Gasteiger partial charge in [-0.25, -0.2) is 0 Å². The molecule has 0 aliphatic heterocycles. The van der Waals surface area contributed by atoms with Crippen LogP contribution >= 0.6 is 0 Å². The standard InChI is InChI=1S/C17H28N2/c1-13-8-15(3)16(9-14(13)2)10-19(5)12-17(6-7-17)11-18-4/h8-9,18H,6-7,10-12H2,1-5H3. The van der Waals surface area contributed by atoms with E-state index in [1.165, 1.54) is 41.6 Å². The van der Waals surface area contributed by atoms with Crippen LogP contribution in [-0.2, 0) is 6.54 Å². The van der Waals surface area contributed by atoms with E-state index in [1.807, 2.05) is 0 Å². The SMILES string of the molecule is CNCC1(CN(C)Cc2cc(C)c(C)cc2C)CC1. The number of nitrogens with one attached hydrogen (secondary N) is 1. The van der Waals surface area contributed by atoms with Crippen LogP contribution in [0.2, 0.25) is 0 Å². The molecule has 1 aliphatic rings. The molecule has 1 fully saturated rings. The zero-order valence-corrected chi connectivity index (χ0v) is 13.1. The van der Waals surface area contributed by atoms with Crippen LogP contribution in [0.4, 0.5) is 0 Å². The topological polar surface area (TPSA) is 15.3 Å². The molecular formula is C17H28N2. The van der Waals surface area contributed by atoms with Gasteiger partial charge in [-0.15, -0.1) is 0 Å². The molecule has 0 amide bonds.